The van der Waals surface area contributed by atoms with Crippen LogP contribution in [0.25, 0.3) is 0 Å². The summed E-state index contributed by atoms with van der Waals surface area (Å²) in [5.41, 5.74) is 2.30. The first-order valence-electron chi connectivity index (χ1n) is 6.11. The largest absolute Gasteiger partial charge is 0.508 e. The Kier molecular flexibility index (Phi) is 2.94. The van der Waals surface area contributed by atoms with E-state index in [9.17, 15) is 5.11 Å². The molecule has 2 nitrogen and oxygen atoms in total. The lowest BCUT2D eigenvalue weighted by Gasteiger charge is -2.27. The molecule has 1 fully saturated rings. The molecule has 2 heteroatoms. The van der Waals surface area contributed by atoms with E-state index in [1.54, 1.807) is 0 Å². The van der Waals surface area contributed by atoms with Gasteiger partial charge in [0.2, 0.25) is 0 Å². The fourth-order valence-electron chi connectivity index (χ4n) is 2.48. The number of phenols is 1. The minimum atomic E-state index is -0.0466. The van der Waals surface area contributed by atoms with Gasteiger partial charge in [-0.1, -0.05) is 19.9 Å². The first-order valence-corrected chi connectivity index (χ1v) is 6.11. The Labute approximate surface area is 97.7 Å². The molecule has 2 rings (SSSR count). The van der Waals surface area contributed by atoms with Crippen LogP contribution in [0.3, 0.4) is 0 Å². The quantitative estimate of drug-likeness (QED) is 0.801. The van der Waals surface area contributed by atoms with Gasteiger partial charge in [-0.05, 0) is 49.9 Å². The molecule has 88 valence electrons. The molecular formula is C14H21NO. The van der Waals surface area contributed by atoms with Gasteiger partial charge in [-0.3, -0.25) is 0 Å². The van der Waals surface area contributed by atoms with Gasteiger partial charge in [-0.2, -0.15) is 0 Å². The summed E-state index contributed by atoms with van der Waals surface area (Å²) in [6.45, 7) is 7.59. The van der Waals surface area contributed by atoms with E-state index in [0.29, 0.717) is 11.7 Å². The van der Waals surface area contributed by atoms with Crippen molar-refractivity contribution in [2.75, 3.05) is 6.54 Å². The van der Waals surface area contributed by atoms with E-state index in [0.717, 1.165) is 18.5 Å². The van der Waals surface area contributed by atoms with Crippen LogP contribution in [0.1, 0.15) is 50.7 Å². The van der Waals surface area contributed by atoms with Crippen molar-refractivity contribution in [3.05, 3.63) is 29.3 Å². The summed E-state index contributed by atoms with van der Waals surface area (Å²) >= 11 is 0. The normalized spacial score (nSPS) is 25.2. The highest BCUT2D eigenvalue weighted by Gasteiger charge is 2.32. The number of benzene rings is 1. The third-order valence-corrected chi connectivity index (χ3v) is 3.65. The summed E-state index contributed by atoms with van der Waals surface area (Å²) in [5, 5.41) is 13.5. The molecule has 0 amide bonds. The van der Waals surface area contributed by atoms with Crippen LogP contribution in [0.5, 0.6) is 5.75 Å². The zero-order valence-corrected chi connectivity index (χ0v) is 10.4. The summed E-state index contributed by atoms with van der Waals surface area (Å²) in [7, 11) is 0. The maximum atomic E-state index is 10.0. The third-order valence-electron chi connectivity index (χ3n) is 3.65. The van der Waals surface area contributed by atoms with Gasteiger partial charge in [0, 0.05) is 11.1 Å². The molecule has 0 radical (unpaired) electrons. The molecule has 1 aliphatic heterocycles. The molecular weight excluding hydrogens is 198 g/mol. The van der Waals surface area contributed by atoms with Crippen molar-refractivity contribution in [2.24, 2.45) is 0 Å². The smallest absolute Gasteiger partial charge is 0.120 e. The van der Waals surface area contributed by atoms with E-state index in [2.05, 4.69) is 32.2 Å². The molecule has 0 bridgehead atoms. The topological polar surface area (TPSA) is 32.3 Å². The van der Waals surface area contributed by atoms with E-state index < -0.39 is 0 Å². The van der Waals surface area contributed by atoms with Crippen LogP contribution in [0.2, 0.25) is 0 Å². The summed E-state index contributed by atoms with van der Waals surface area (Å²) in [5.74, 6) is 0.922. The minimum absolute atomic E-state index is 0.0466. The van der Waals surface area contributed by atoms with Crippen molar-refractivity contribution in [1.82, 2.24) is 5.32 Å². The number of hydrogen-bond donors (Lipinski definition) is 2. The van der Waals surface area contributed by atoms with Crippen LogP contribution in [-0.4, -0.2) is 11.7 Å². The van der Waals surface area contributed by atoms with E-state index in [4.69, 9.17) is 0 Å². The lowest BCUT2D eigenvalue weighted by atomic mass is 9.87. The molecule has 0 saturated carbocycles. The highest BCUT2D eigenvalue weighted by atomic mass is 16.3. The van der Waals surface area contributed by atoms with Crippen molar-refractivity contribution < 1.29 is 5.11 Å². The number of hydrogen-bond acceptors (Lipinski definition) is 2. The Balaban J connectivity index is 2.42. The van der Waals surface area contributed by atoms with Gasteiger partial charge in [0.1, 0.15) is 5.75 Å². The number of rotatable bonds is 2. The zero-order chi connectivity index (χ0) is 11.8. The van der Waals surface area contributed by atoms with Gasteiger partial charge >= 0.3 is 0 Å². The van der Waals surface area contributed by atoms with Crippen LogP contribution in [0.4, 0.5) is 0 Å². The highest BCUT2D eigenvalue weighted by molar-refractivity contribution is 5.42. The summed E-state index contributed by atoms with van der Waals surface area (Å²) in [6.07, 6.45) is 2.28. The predicted octanol–water partition coefficient (Wildman–Crippen LogP) is 3.11. The van der Waals surface area contributed by atoms with Gasteiger partial charge in [-0.15, -0.1) is 0 Å². The van der Waals surface area contributed by atoms with Gasteiger partial charge in [0.05, 0.1) is 0 Å². The Hall–Kier alpha value is -1.02. The molecule has 1 aromatic carbocycles. The molecule has 1 heterocycles. The summed E-state index contributed by atoms with van der Waals surface area (Å²) in [6, 6.07) is 6.00. The van der Waals surface area contributed by atoms with Gasteiger partial charge in [0.15, 0.2) is 0 Å². The van der Waals surface area contributed by atoms with Crippen molar-refractivity contribution >= 4 is 0 Å². The molecule has 0 aromatic heterocycles. The van der Waals surface area contributed by atoms with Crippen molar-refractivity contribution in [3.8, 4) is 5.75 Å². The molecule has 1 atom stereocenters. The van der Waals surface area contributed by atoms with Crippen LogP contribution < -0.4 is 5.32 Å². The SMILES string of the molecule is CC(C)c1ccc(O)c(C2(C)CCCN2)c1. The number of nitrogens with one attached hydrogen (secondary N) is 1. The van der Waals surface area contributed by atoms with E-state index in [1.807, 2.05) is 12.1 Å². The van der Waals surface area contributed by atoms with E-state index >= 15 is 0 Å². The maximum absolute atomic E-state index is 10.0. The van der Waals surface area contributed by atoms with E-state index in [1.165, 1.54) is 12.0 Å². The van der Waals surface area contributed by atoms with Crippen molar-refractivity contribution in [3.63, 3.8) is 0 Å². The maximum Gasteiger partial charge on any atom is 0.120 e. The first kappa shape index (κ1) is 11.5. The molecule has 2 N–H and O–H groups in total. The van der Waals surface area contributed by atoms with Crippen molar-refractivity contribution in [2.45, 2.75) is 45.1 Å². The molecule has 1 aromatic rings. The third kappa shape index (κ3) is 1.94. The van der Waals surface area contributed by atoms with Crippen molar-refractivity contribution in [1.29, 1.82) is 0 Å². The molecule has 1 aliphatic rings. The van der Waals surface area contributed by atoms with Gasteiger partial charge in [-0.25, -0.2) is 0 Å². The molecule has 16 heavy (non-hydrogen) atoms. The van der Waals surface area contributed by atoms with Crippen LogP contribution in [0, 0.1) is 0 Å². The molecule has 1 saturated heterocycles. The molecule has 0 aliphatic carbocycles. The molecule has 1 unspecified atom stereocenters. The summed E-state index contributed by atoms with van der Waals surface area (Å²) in [4.78, 5) is 0. The molecule has 0 spiro atoms. The second-order valence-electron chi connectivity index (χ2n) is 5.29. The second kappa shape index (κ2) is 4.10. The first-order chi connectivity index (χ1) is 7.53. The average molecular weight is 219 g/mol. The Morgan fingerprint density at radius 2 is 2.12 bits per heavy atom. The minimum Gasteiger partial charge on any atom is -0.508 e. The van der Waals surface area contributed by atoms with Gasteiger partial charge in [0.25, 0.3) is 0 Å². The van der Waals surface area contributed by atoms with E-state index in [-0.39, 0.29) is 5.54 Å². The Bertz CT molecular complexity index is 378. The van der Waals surface area contributed by atoms with Crippen LogP contribution in [0.15, 0.2) is 18.2 Å². The lowest BCUT2D eigenvalue weighted by molar-refractivity contribution is 0.394. The fraction of sp³-hybridized carbons (Fsp3) is 0.571. The average Bonchev–Trinajstić information content (AvgIpc) is 2.66. The van der Waals surface area contributed by atoms with Gasteiger partial charge < -0.3 is 10.4 Å². The summed E-state index contributed by atoms with van der Waals surface area (Å²) < 4.78 is 0. The highest BCUT2D eigenvalue weighted by Crippen LogP contribution is 2.37. The Morgan fingerprint density at radius 3 is 2.69 bits per heavy atom. The number of aromatic hydroxyl groups is 1. The number of phenolic OH excluding ortho intramolecular Hbond substituents is 1. The lowest BCUT2D eigenvalue weighted by Crippen LogP contribution is -2.33. The zero-order valence-electron chi connectivity index (χ0n) is 10.4. The monoisotopic (exact) mass is 219 g/mol. The Morgan fingerprint density at radius 1 is 1.38 bits per heavy atom. The fourth-order valence-corrected chi connectivity index (χ4v) is 2.48. The predicted molar refractivity (Wildman–Crippen MR) is 66.8 cm³/mol. The van der Waals surface area contributed by atoms with Crippen LogP contribution in [-0.2, 0) is 5.54 Å². The second-order valence-corrected chi connectivity index (χ2v) is 5.29. The van der Waals surface area contributed by atoms with Crippen LogP contribution >= 0.6 is 0 Å². The standard InChI is InChI=1S/C14H21NO/c1-10(2)11-5-6-13(16)12(9-11)14(3)7-4-8-15-14/h5-6,9-10,15-16H,4,7-8H2,1-3H3.